The third-order valence-corrected chi connectivity index (χ3v) is 5.82. The maximum Gasteiger partial charge on any atom is 0.233 e. The van der Waals surface area contributed by atoms with E-state index in [2.05, 4.69) is 15.5 Å². The fourth-order valence-electron chi connectivity index (χ4n) is 2.98. The van der Waals surface area contributed by atoms with Crippen LogP contribution in [0.4, 0.5) is 0 Å². The highest BCUT2D eigenvalue weighted by atomic mass is 35.5. The van der Waals surface area contributed by atoms with Gasteiger partial charge in [0.15, 0.2) is 11.0 Å². The minimum atomic E-state index is -0.303. The first kappa shape index (κ1) is 21.1. The number of ether oxygens (including phenoxy) is 2. The van der Waals surface area contributed by atoms with Gasteiger partial charge >= 0.3 is 0 Å². The van der Waals surface area contributed by atoms with Crippen molar-refractivity contribution in [2.75, 3.05) is 26.9 Å². The van der Waals surface area contributed by atoms with Gasteiger partial charge in [0.1, 0.15) is 0 Å². The van der Waals surface area contributed by atoms with Gasteiger partial charge in [-0.15, -0.1) is 10.2 Å². The number of aromatic nitrogens is 3. The van der Waals surface area contributed by atoms with Gasteiger partial charge in [0.2, 0.25) is 5.91 Å². The van der Waals surface area contributed by atoms with Crippen molar-refractivity contribution in [3.63, 3.8) is 0 Å². The Kier molecular flexibility index (Phi) is 7.73. The first-order valence-corrected chi connectivity index (χ1v) is 10.6. The molecule has 1 N–H and O–H groups in total. The molecule has 0 bridgehead atoms. The number of halogens is 1. The second-order valence-corrected chi connectivity index (χ2v) is 8.35. The molecule has 0 unspecified atom stereocenters. The number of hydrogen-bond acceptors (Lipinski definition) is 6. The predicted octanol–water partition coefficient (Wildman–Crippen LogP) is 3.02. The van der Waals surface area contributed by atoms with E-state index in [0.717, 1.165) is 30.8 Å². The summed E-state index contributed by atoms with van der Waals surface area (Å²) in [6.45, 7) is 4.27. The summed E-state index contributed by atoms with van der Waals surface area (Å²) in [6, 6.07) is 7.52. The van der Waals surface area contributed by atoms with Gasteiger partial charge in [0, 0.05) is 30.8 Å². The van der Waals surface area contributed by atoms with E-state index in [9.17, 15) is 4.79 Å². The molecule has 1 aliphatic heterocycles. The summed E-state index contributed by atoms with van der Waals surface area (Å²) < 4.78 is 12.8. The Labute approximate surface area is 174 Å². The minimum Gasteiger partial charge on any atom is -0.383 e. The van der Waals surface area contributed by atoms with Crippen LogP contribution in [-0.4, -0.2) is 58.9 Å². The molecule has 152 valence electrons. The maximum absolute atomic E-state index is 12.3. The maximum atomic E-state index is 12.3. The molecule has 1 aromatic carbocycles. The van der Waals surface area contributed by atoms with E-state index in [1.165, 1.54) is 11.8 Å². The van der Waals surface area contributed by atoms with Crippen LogP contribution in [0.2, 0.25) is 5.02 Å². The average Bonchev–Trinajstić information content (AvgIpc) is 3.34. The molecule has 1 aromatic heterocycles. The molecule has 0 saturated carbocycles. The van der Waals surface area contributed by atoms with Crippen LogP contribution in [0.5, 0.6) is 0 Å². The molecule has 2 aromatic rings. The molecular weight excluding hydrogens is 400 g/mol. The molecule has 2 heterocycles. The Morgan fingerprint density at radius 2 is 2.21 bits per heavy atom. The molecule has 1 amide bonds. The van der Waals surface area contributed by atoms with Crippen LogP contribution in [0, 0.1) is 0 Å². The van der Waals surface area contributed by atoms with E-state index in [-0.39, 0.29) is 17.3 Å². The zero-order valence-corrected chi connectivity index (χ0v) is 17.6. The van der Waals surface area contributed by atoms with E-state index in [0.29, 0.717) is 29.9 Å². The molecule has 1 fully saturated rings. The third kappa shape index (κ3) is 5.47. The van der Waals surface area contributed by atoms with Gasteiger partial charge in [0.05, 0.1) is 24.5 Å². The molecule has 9 heteroatoms. The van der Waals surface area contributed by atoms with E-state index in [1.807, 2.05) is 35.8 Å². The Morgan fingerprint density at radius 1 is 1.43 bits per heavy atom. The Morgan fingerprint density at radius 3 is 2.89 bits per heavy atom. The highest BCUT2D eigenvalue weighted by Crippen LogP contribution is 2.29. The van der Waals surface area contributed by atoms with Crippen molar-refractivity contribution in [2.24, 2.45) is 0 Å². The molecule has 2 atom stereocenters. The molecule has 1 aliphatic rings. The van der Waals surface area contributed by atoms with Crippen molar-refractivity contribution in [3.05, 3.63) is 29.3 Å². The number of nitrogens with one attached hydrogen (secondary N) is 1. The lowest BCUT2D eigenvalue weighted by atomic mass is 10.2. The van der Waals surface area contributed by atoms with Crippen LogP contribution < -0.4 is 5.32 Å². The van der Waals surface area contributed by atoms with Crippen LogP contribution in [-0.2, 0) is 20.8 Å². The first-order valence-electron chi connectivity index (χ1n) is 9.32. The highest BCUT2D eigenvalue weighted by Gasteiger charge is 2.24. The molecule has 0 aliphatic carbocycles. The van der Waals surface area contributed by atoms with E-state index in [4.69, 9.17) is 21.1 Å². The Hall–Kier alpha value is -1.61. The molecule has 7 nitrogen and oxygen atoms in total. The summed E-state index contributed by atoms with van der Waals surface area (Å²) in [5.41, 5.74) is 0.930. The van der Waals surface area contributed by atoms with Gasteiger partial charge in [0.25, 0.3) is 0 Å². The molecule has 1 saturated heterocycles. The number of amides is 1. The Bertz CT molecular complexity index is 778. The van der Waals surface area contributed by atoms with Crippen molar-refractivity contribution in [1.82, 2.24) is 20.1 Å². The summed E-state index contributed by atoms with van der Waals surface area (Å²) >= 11 is 7.41. The molecule has 28 heavy (non-hydrogen) atoms. The lowest BCUT2D eigenvalue weighted by Crippen LogP contribution is -2.33. The van der Waals surface area contributed by atoms with Crippen LogP contribution in [0.25, 0.3) is 11.4 Å². The van der Waals surface area contributed by atoms with E-state index >= 15 is 0 Å². The molecule has 0 radical (unpaired) electrons. The number of methoxy groups -OCH3 is 1. The molecular formula is C19H25ClN4O3S. The molecule has 0 spiro atoms. The standard InChI is InChI=1S/C19H25ClN4O3S/c1-13(18(25)21-9-11-26-2)28-19-23-22-17(14-5-7-15(20)8-6-14)24(19)12-16-4-3-10-27-16/h5-8,13,16H,3-4,9-12H2,1-2H3,(H,21,25)/t13-,16-/m0/s1. The fraction of sp³-hybridized carbons (Fsp3) is 0.526. The van der Waals surface area contributed by atoms with Crippen LogP contribution in [0.15, 0.2) is 29.4 Å². The quantitative estimate of drug-likeness (QED) is 0.492. The van der Waals surface area contributed by atoms with Gasteiger partial charge in [-0.3, -0.25) is 9.36 Å². The second-order valence-electron chi connectivity index (χ2n) is 6.60. The van der Waals surface area contributed by atoms with Gasteiger partial charge in [-0.2, -0.15) is 0 Å². The number of rotatable bonds is 9. The largest absolute Gasteiger partial charge is 0.383 e. The summed E-state index contributed by atoms with van der Waals surface area (Å²) in [6.07, 6.45) is 2.20. The van der Waals surface area contributed by atoms with Gasteiger partial charge in [-0.25, -0.2) is 0 Å². The van der Waals surface area contributed by atoms with E-state index < -0.39 is 0 Å². The van der Waals surface area contributed by atoms with Crippen LogP contribution in [0.3, 0.4) is 0 Å². The SMILES string of the molecule is COCCNC(=O)[C@H](C)Sc1nnc(-c2ccc(Cl)cc2)n1C[C@@H]1CCCO1. The Balaban J connectivity index is 1.79. The van der Waals surface area contributed by atoms with Crippen molar-refractivity contribution < 1.29 is 14.3 Å². The lowest BCUT2D eigenvalue weighted by Gasteiger charge is -2.16. The van der Waals surface area contributed by atoms with Crippen molar-refractivity contribution >= 4 is 29.3 Å². The smallest absolute Gasteiger partial charge is 0.233 e. The summed E-state index contributed by atoms with van der Waals surface area (Å²) in [5, 5.41) is 12.7. The monoisotopic (exact) mass is 424 g/mol. The minimum absolute atomic E-state index is 0.0539. The molecule has 3 rings (SSSR count). The predicted molar refractivity (Wildman–Crippen MR) is 110 cm³/mol. The van der Waals surface area contributed by atoms with Gasteiger partial charge in [-0.1, -0.05) is 23.4 Å². The second kappa shape index (κ2) is 10.2. The zero-order chi connectivity index (χ0) is 19.9. The number of thioether (sulfide) groups is 1. The van der Waals surface area contributed by atoms with Crippen molar-refractivity contribution in [1.29, 1.82) is 0 Å². The highest BCUT2D eigenvalue weighted by molar-refractivity contribution is 8.00. The normalized spacial score (nSPS) is 17.6. The third-order valence-electron chi connectivity index (χ3n) is 4.49. The number of carbonyl (C=O) groups is 1. The van der Waals surface area contributed by atoms with Gasteiger partial charge in [-0.05, 0) is 44.0 Å². The summed E-state index contributed by atoms with van der Waals surface area (Å²) in [7, 11) is 1.61. The zero-order valence-electron chi connectivity index (χ0n) is 16.1. The van der Waals surface area contributed by atoms with Crippen LogP contribution >= 0.6 is 23.4 Å². The fourth-order valence-corrected chi connectivity index (χ4v) is 3.99. The number of nitrogens with zero attached hydrogens (tertiary/aromatic N) is 3. The van der Waals surface area contributed by atoms with Gasteiger partial charge < -0.3 is 14.8 Å². The van der Waals surface area contributed by atoms with E-state index in [1.54, 1.807) is 7.11 Å². The average molecular weight is 425 g/mol. The van der Waals surface area contributed by atoms with Crippen molar-refractivity contribution in [3.8, 4) is 11.4 Å². The number of benzene rings is 1. The van der Waals surface area contributed by atoms with Crippen LogP contribution in [0.1, 0.15) is 19.8 Å². The van der Waals surface area contributed by atoms with Crippen molar-refractivity contribution in [2.45, 2.75) is 42.8 Å². The summed E-state index contributed by atoms with van der Waals surface area (Å²) in [5.74, 6) is 0.698. The summed E-state index contributed by atoms with van der Waals surface area (Å²) in [4.78, 5) is 12.3. The topological polar surface area (TPSA) is 78.3 Å². The first-order chi connectivity index (χ1) is 13.6. The number of carbonyl (C=O) groups excluding carboxylic acids is 1. The number of hydrogen-bond donors (Lipinski definition) is 1. The lowest BCUT2D eigenvalue weighted by molar-refractivity contribution is -0.120.